The number of hydrogen-bond acceptors (Lipinski definition) is 18. The molecule has 614 valence electrons. The van der Waals surface area contributed by atoms with E-state index in [2.05, 4.69) is 46.0 Å². The number of nitrogens with two attached hydrogens (primary N) is 1. The summed E-state index contributed by atoms with van der Waals surface area (Å²) in [4.78, 5) is 100. The van der Waals surface area contributed by atoms with E-state index < -0.39 is 35.2 Å². The molecule has 3 atom stereocenters. The van der Waals surface area contributed by atoms with E-state index >= 15 is 0 Å². The summed E-state index contributed by atoms with van der Waals surface area (Å²) in [5.74, 6) is 0.774. The Morgan fingerprint density at radius 3 is 1.45 bits per heavy atom. The fraction of sp³-hybridized carbons (Fsp3) is 0.372. The van der Waals surface area contributed by atoms with Crippen LogP contribution in [0.1, 0.15) is 155 Å². The third kappa shape index (κ3) is 23.4. The monoisotopic (exact) mass is 1660 g/mol. The van der Waals surface area contributed by atoms with Crippen molar-refractivity contribution in [2.24, 2.45) is 5.73 Å². The molecule has 0 unspecified atom stereocenters. The van der Waals surface area contributed by atoms with Crippen LogP contribution in [0.25, 0.3) is 16.8 Å². The van der Waals surface area contributed by atoms with Crippen LogP contribution < -0.4 is 47.3 Å². The van der Waals surface area contributed by atoms with Crippen molar-refractivity contribution in [1.82, 2.24) is 55.4 Å². The number of rotatable bonds is 24. The second kappa shape index (κ2) is 40.8. The SMILES string of the molecule is COCn1nc(C(=O)NCC(=O)c2ccccc2)c(Cc2ccccc2Cl)c1N1CCC[C@@H](NC(=O)OC(C)(C)C)C1.COCn1nc(N2CCC[C@@H](NC(=O)OC(C)(C)C)C2)c(Cc2ccccc2Cl)c1C(=O)NCC(=O)c1ccccc1.Cl.N[C@@H]1CCCN(c2nn3c(-c4ccccc4)c[nH]c(=O)c3c2Cc2ccccc2Cl)C1. The minimum absolute atomic E-state index is 0. The predicted molar refractivity (Wildman–Crippen MR) is 455 cm³/mol. The Balaban J connectivity index is 0.000000185. The van der Waals surface area contributed by atoms with E-state index in [0.29, 0.717) is 99.9 Å². The normalized spacial score (nSPS) is 15.5. The van der Waals surface area contributed by atoms with E-state index in [0.717, 1.165) is 90.9 Å². The van der Waals surface area contributed by atoms with Crippen molar-refractivity contribution in [2.75, 3.05) is 81.3 Å². The van der Waals surface area contributed by atoms with Crippen LogP contribution in [0.5, 0.6) is 0 Å². The smallest absolute Gasteiger partial charge is 0.407 e. The average molecular weight is 1660 g/mol. The van der Waals surface area contributed by atoms with Gasteiger partial charge in [-0.2, -0.15) is 10.2 Å². The zero-order chi connectivity index (χ0) is 81.9. The third-order valence-electron chi connectivity index (χ3n) is 19.4. The van der Waals surface area contributed by atoms with E-state index in [1.54, 1.807) is 83.2 Å². The standard InChI is InChI=1S/2C31H38ClN5O5.C24H24ClN5O.ClH/c1-31(2,3)42-30(40)34-23-14-10-16-36(19-23)29-24(17-22-13-8-9-15-25(22)32)27(35-37(29)20-41-4)28(39)33-18-26(38)21-11-6-5-7-12-21;1-31(2,3)42-30(40)34-23-14-10-16-36(19-23)28-24(17-22-13-8-9-15-25(22)32)27(37(35-28)20-41-4)29(39)33-18-26(38)21-11-6-5-7-12-21;25-20-11-5-4-9-17(20)13-19-22-24(31)27-14-21(16-7-2-1-3-8-16)30(22)28-23(19)29-12-6-10-18(26)15-29;/h2*5-9,11-13,15,23H,10,14,16-20H2,1-4H3,(H,33,39)(H,34,40);1-5,7-9,11,14,18H,6,10,12-13,15,26H2,(H,27,31);1H/t2*23-;18-;/m111./s1. The van der Waals surface area contributed by atoms with Gasteiger partial charge in [0.15, 0.2) is 28.9 Å². The number of alkyl carbamates (subject to hydrolysis) is 2. The lowest BCUT2D eigenvalue weighted by Crippen LogP contribution is -2.49. The van der Waals surface area contributed by atoms with Crippen LogP contribution in [0.15, 0.2) is 175 Å². The van der Waals surface area contributed by atoms with Crippen LogP contribution in [-0.4, -0.2) is 166 Å². The second-order valence-electron chi connectivity index (χ2n) is 30.5. The number of aromatic nitrogens is 7. The van der Waals surface area contributed by atoms with Crippen LogP contribution in [-0.2, 0) is 51.7 Å². The van der Waals surface area contributed by atoms with Crippen molar-refractivity contribution >= 4 is 106 Å². The summed E-state index contributed by atoms with van der Waals surface area (Å²) in [6, 6.07) is 49.9. The maximum absolute atomic E-state index is 13.7. The van der Waals surface area contributed by atoms with Gasteiger partial charge < -0.3 is 65.6 Å². The maximum Gasteiger partial charge on any atom is 0.407 e. The lowest BCUT2D eigenvalue weighted by atomic mass is 10.0. The van der Waals surface area contributed by atoms with Crippen molar-refractivity contribution in [3.63, 3.8) is 0 Å². The van der Waals surface area contributed by atoms with Crippen molar-refractivity contribution < 1.29 is 47.7 Å². The van der Waals surface area contributed by atoms with Gasteiger partial charge in [-0.1, -0.05) is 180 Å². The molecule has 7 heterocycles. The molecule has 0 aliphatic carbocycles. The number of carbonyl (C=O) groups excluding carboxylic acids is 6. The minimum atomic E-state index is -0.609. The first-order chi connectivity index (χ1) is 55.2. The largest absolute Gasteiger partial charge is 0.444 e. The van der Waals surface area contributed by atoms with E-state index in [1.165, 1.54) is 11.8 Å². The van der Waals surface area contributed by atoms with Gasteiger partial charge in [-0.25, -0.2) is 23.5 Å². The number of carbonyl (C=O) groups is 6. The highest BCUT2D eigenvalue weighted by Crippen LogP contribution is 2.36. The summed E-state index contributed by atoms with van der Waals surface area (Å²) in [7, 11) is 3.08. The number of piperidine rings is 3. The molecule has 3 saturated heterocycles. The number of H-pyrrole nitrogens is 1. The van der Waals surface area contributed by atoms with Crippen molar-refractivity contribution in [1.29, 1.82) is 0 Å². The Morgan fingerprint density at radius 1 is 0.517 bits per heavy atom. The number of ketones is 2. The van der Waals surface area contributed by atoms with Gasteiger partial charge in [0.25, 0.3) is 17.4 Å². The molecular formula is C86H101Cl4N15O11. The van der Waals surface area contributed by atoms with Gasteiger partial charge >= 0.3 is 12.2 Å². The fourth-order valence-electron chi connectivity index (χ4n) is 14.3. The first-order valence-corrected chi connectivity index (χ1v) is 39.6. The Hall–Kier alpha value is -10.6. The highest BCUT2D eigenvalue weighted by Gasteiger charge is 2.35. The molecule has 30 heteroatoms. The number of anilines is 3. The summed E-state index contributed by atoms with van der Waals surface area (Å²) >= 11 is 19.6. The molecule has 13 rings (SSSR count). The fourth-order valence-corrected chi connectivity index (χ4v) is 14.9. The van der Waals surface area contributed by atoms with Crippen LogP contribution >= 0.6 is 47.2 Å². The lowest BCUT2D eigenvalue weighted by molar-refractivity contribution is 0.0487. The number of halogens is 4. The maximum atomic E-state index is 13.7. The number of aromatic amines is 1. The number of fused-ring (bicyclic) bond motifs is 1. The number of amides is 4. The molecule has 3 aliphatic rings. The first kappa shape index (κ1) is 87.8. The van der Waals surface area contributed by atoms with E-state index in [1.807, 2.05) is 145 Å². The molecule has 0 radical (unpaired) electrons. The zero-order valence-electron chi connectivity index (χ0n) is 66.5. The number of nitrogens with one attached hydrogen (secondary N) is 5. The summed E-state index contributed by atoms with van der Waals surface area (Å²) in [5.41, 5.74) is 13.6. The molecular weight excluding hydrogens is 1560 g/mol. The van der Waals surface area contributed by atoms with E-state index in [9.17, 15) is 33.6 Å². The summed E-state index contributed by atoms with van der Waals surface area (Å²) in [5, 5.41) is 27.7. The van der Waals surface area contributed by atoms with Crippen molar-refractivity contribution in [3.8, 4) is 11.3 Å². The molecule has 10 aromatic rings. The summed E-state index contributed by atoms with van der Waals surface area (Å²) < 4.78 is 26.7. The number of ether oxygens (including phenoxy) is 4. The molecule has 7 N–H and O–H groups in total. The Labute approximate surface area is 696 Å². The van der Waals surface area contributed by atoms with Gasteiger partial charge in [0.1, 0.15) is 41.7 Å². The molecule has 3 fully saturated rings. The number of hydrogen-bond donors (Lipinski definition) is 6. The predicted octanol–water partition coefficient (Wildman–Crippen LogP) is 14.0. The molecule has 6 aromatic carbocycles. The molecule has 26 nitrogen and oxygen atoms in total. The quantitative estimate of drug-likeness (QED) is 0.0306. The highest BCUT2D eigenvalue weighted by atomic mass is 35.5. The van der Waals surface area contributed by atoms with Gasteiger partial charge in [0.2, 0.25) is 0 Å². The topological polar surface area (TPSA) is 309 Å². The lowest BCUT2D eigenvalue weighted by Gasteiger charge is -2.35. The van der Waals surface area contributed by atoms with Crippen LogP contribution in [0.2, 0.25) is 15.1 Å². The number of nitrogens with zero attached hydrogens (tertiary/aromatic N) is 9. The number of Topliss-reactive ketones (excluding diaryl/α,β-unsaturated/α-hetero) is 2. The van der Waals surface area contributed by atoms with E-state index in [-0.39, 0.29) is 85.6 Å². The zero-order valence-corrected chi connectivity index (χ0v) is 69.6. The number of methoxy groups -OCH3 is 2. The van der Waals surface area contributed by atoms with Crippen molar-refractivity contribution in [3.05, 3.63) is 251 Å². The second-order valence-corrected chi connectivity index (χ2v) is 31.7. The Kier molecular flexibility index (Phi) is 30.9. The summed E-state index contributed by atoms with van der Waals surface area (Å²) in [6.07, 6.45) is 7.12. The molecule has 3 aliphatic heterocycles. The molecule has 0 bridgehead atoms. The van der Waals surface area contributed by atoms with Crippen LogP contribution in [0, 0.1) is 0 Å². The minimum Gasteiger partial charge on any atom is -0.444 e. The Bertz CT molecular complexity index is 5040. The average Bonchev–Trinajstić information content (AvgIpc) is 1.60. The van der Waals surface area contributed by atoms with Crippen molar-refractivity contribution in [2.45, 2.75) is 142 Å². The Morgan fingerprint density at radius 2 is 0.948 bits per heavy atom. The van der Waals surface area contributed by atoms with Gasteiger partial charge in [-0.3, -0.25) is 24.0 Å². The molecule has 0 saturated carbocycles. The molecule has 0 spiro atoms. The van der Waals surface area contributed by atoms with E-state index in [4.69, 9.17) is 69.7 Å². The molecule has 4 aromatic heterocycles. The molecule has 116 heavy (non-hydrogen) atoms. The third-order valence-corrected chi connectivity index (χ3v) is 20.5. The van der Waals surface area contributed by atoms with Gasteiger partial charge in [-0.15, -0.1) is 17.5 Å². The van der Waals surface area contributed by atoms with Crippen LogP contribution in [0.4, 0.5) is 27.0 Å². The van der Waals surface area contributed by atoms with Gasteiger partial charge in [0.05, 0.1) is 18.8 Å². The van der Waals surface area contributed by atoms with Gasteiger partial charge in [-0.05, 0) is 115 Å². The van der Waals surface area contributed by atoms with Gasteiger partial charge in [0, 0.05) is 146 Å². The summed E-state index contributed by atoms with van der Waals surface area (Å²) in [6.45, 7) is 14.6. The first-order valence-electron chi connectivity index (χ1n) is 38.5. The highest BCUT2D eigenvalue weighted by molar-refractivity contribution is 6.32. The van der Waals surface area contributed by atoms with Crippen LogP contribution in [0.3, 0.4) is 0 Å². The number of benzene rings is 6. The molecule has 4 amide bonds.